The van der Waals surface area contributed by atoms with Crippen molar-refractivity contribution in [2.45, 2.75) is 64.3 Å². The fourth-order valence-electron chi connectivity index (χ4n) is 6.85. The molecule has 0 spiro atoms. The number of carbonyl (C=O) groups excluding carboxylic acids is 4. The highest BCUT2D eigenvalue weighted by molar-refractivity contribution is 5.97. The summed E-state index contributed by atoms with van der Waals surface area (Å²) in [6.07, 6.45) is 7.12. The molecule has 1 unspecified atom stereocenters. The van der Waals surface area contributed by atoms with Gasteiger partial charge in [0.2, 0.25) is 17.6 Å². The number of rotatable bonds is 12. The van der Waals surface area contributed by atoms with Crippen LogP contribution in [0.2, 0.25) is 0 Å². The molecular weight excluding hydrogens is 634 g/mol. The van der Waals surface area contributed by atoms with E-state index in [-0.39, 0.29) is 41.5 Å². The van der Waals surface area contributed by atoms with E-state index >= 15 is 0 Å². The van der Waals surface area contributed by atoms with Gasteiger partial charge in [-0.2, -0.15) is 5.21 Å². The molecule has 13 nitrogen and oxygen atoms in total. The molecular formula is C37H43N9O4. The normalized spacial score (nSPS) is 19.6. The Morgan fingerprint density at radius 1 is 0.980 bits per heavy atom. The van der Waals surface area contributed by atoms with E-state index in [1.807, 2.05) is 31.2 Å². The number of nitrogens with zero attached hydrogens (tertiary/aromatic N) is 4. The SMILES string of the molecule is Cc1cc(C(=O)NC2CCCNC2=O)ncc1-c1ccc(C[C@H](CC(=O)C2CCC(CN)CC2)C(=O)Nc2ccc(-c3nn[nH]n3)cc2)cc1. The number of piperidine rings is 1. The van der Waals surface area contributed by atoms with Gasteiger partial charge < -0.3 is 21.7 Å². The number of nitrogens with one attached hydrogen (secondary N) is 4. The van der Waals surface area contributed by atoms with Gasteiger partial charge in [-0.15, -0.1) is 10.2 Å². The number of tetrazole rings is 1. The molecule has 1 aliphatic heterocycles. The summed E-state index contributed by atoms with van der Waals surface area (Å²) in [5.41, 5.74) is 11.1. The molecule has 13 heteroatoms. The van der Waals surface area contributed by atoms with Crippen molar-refractivity contribution >= 4 is 29.2 Å². The van der Waals surface area contributed by atoms with Crippen molar-refractivity contribution in [2.75, 3.05) is 18.4 Å². The van der Waals surface area contributed by atoms with Crippen LogP contribution in [0.25, 0.3) is 22.5 Å². The Morgan fingerprint density at radius 3 is 2.38 bits per heavy atom. The number of hydrogen-bond acceptors (Lipinski definition) is 9. The van der Waals surface area contributed by atoms with Crippen molar-refractivity contribution in [2.24, 2.45) is 23.5 Å². The molecule has 3 heterocycles. The van der Waals surface area contributed by atoms with E-state index in [9.17, 15) is 19.2 Å². The zero-order valence-corrected chi connectivity index (χ0v) is 28.2. The van der Waals surface area contributed by atoms with E-state index in [4.69, 9.17) is 5.73 Å². The maximum absolute atomic E-state index is 13.7. The van der Waals surface area contributed by atoms with Gasteiger partial charge in [-0.05, 0) is 117 Å². The molecule has 1 saturated heterocycles. The van der Waals surface area contributed by atoms with Crippen LogP contribution in [0.4, 0.5) is 5.69 Å². The van der Waals surface area contributed by atoms with E-state index in [0.29, 0.717) is 43.4 Å². The molecule has 1 aliphatic carbocycles. The van der Waals surface area contributed by atoms with Crippen LogP contribution in [0.1, 0.15) is 66.6 Å². The number of ketones is 1. The largest absolute Gasteiger partial charge is 0.354 e. The number of amides is 3. The molecule has 2 aromatic heterocycles. The molecule has 4 aromatic rings. The number of benzene rings is 2. The van der Waals surface area contributed by atoms with E-state index in [0.717, 1.165) is 59.9 Å². The van der Waals surface area contributed by atoms with Crippen molar-refractivity contribution in [3.63, 3.8) is 0 Å². The molecule has 2 aromatic carbocycles. The lowest BCUT2D eigenvalue weighted by molar-refractivity contribution is -0.129. The number of H-pyrrole nitrogens is 1. The van der Waals surface area contributed by atoms with Crippen molar-refractivity contribution in [3.05, 3.63) is 77.6 Å². The summed E-state index contributed by atoms with van der Waals surface area (Å²) in [5, 5.41) is 22.6. The van der Waals surface area contributed by atoms with E-state index in [2.05, 4.69) is 41.6 Å². The van der Waals surface area contributed by atoms with Gasteiger partial charge in [0.25, 0.3) is 5.91 Å². The van der Waals surface area contributed by atoms with Gasteiger partial charge in [0.15, 0.2) is 0 Å². The Labute approximate surface area is 290 Å². The van der Waals surface area contributed by atoms with Gasteiger partial charge in [0, 0.05) is 47.8 Å². The number of aromatic nitrogens is 5. The Morgan fingerprint density at radius 2 is 1.72 bits per heavy atom. The average Bonchev–Trinajstić information content (AvgIpc) is 3.68. The smallest absolute Gasteiger partial charge is 0.270 e. The minimum absolute atomic E-state index is 0.0509. The summed E-state index contributed by atoms with van der Waals surface area (Å²) < 4.78 is 0. The standard InChI is InChI=1S/C37H43N9O4/c1-22-17-32(37(50)42-31-3-2-16-39-36(31)49)40-21-30(22)25-8-4-23(5-9-25)18-28(19-33(47)26-10-6-24(20-38)7-11-26)35(48)41-29-14-12-27(13-15-29)34-43-45-46-44-34/h4-5,8-9,12-15,17,21,24,26,28,31H,2-3,6-7,10-11,16,18-20,38H2,1H3,(H,39,49)(H,41,48)(H,42,50)(H,43,44,45,46)/t24?,26?,28-,31?/m1/s1. The molecule has 2 aliphatic rings. The molecule has 6 rings (SSSR count). The molecule has 260 valence electrons. The van der Waals surface area contributed by atoms with Crippen LogP contribution < -0.4 is 21.7 Å². The van der Waals surface area contributed by atoms with Gasteiger partial charge in [-0.1, -0.05) is 24.3 Å². The fourth-order valence-corrected chi connectivity index (χ4v) is 6.85. The third kappa shape index (κ3) is 8.46. The zero-order valence-electron chi connectivity index (χ0n) is 28.2. The van der Waals surface area contributed by atoms with Crippen LogP contribution in [-0.2, 0) is 20.8 Å². The zero-order chi connectivity index (χ0) is 35.0. The second-order valence-corrected chi connectivity index (χ2v) is 13.4. The van der Waals surface area contributed by atoms with Crippen LogP contribution in [0, 0.1) is 24.7 Å². The molecule has 50 heavy (non-hydrogen) atoms. The summed E-state index contributed by atoms with van der Waals surface area (Å²) in [5.74, 6) is -0.348. The van der Waals surface area contributed by atoms with Gasteiger partial charge in [0.05, 0.1) is 0 Å². The topological polar surface area (TPSA) is 198 Å². The summed E-state index contributed by atoms with van der Waals surface area (Å²) >= 11 is 0. The fraction of sp³-hybridized carbons (Fsp3) is 0.405. The number of hydrogen-bond donors (Lipinski definition) is 5. The Balaban J connectivity index is 1.14. The number of carbonyl (C=O) groups is 4. The number of anilines is 1. The third-order valence-corrected chi connectivity index (χ3v) is 9.89. The molecule has 2 atom stereocenters. The van der Waals surface area contributed by atoms with Crippen LogP contribution in [-0.4, -0.2) is 68.2 Å². The molecule has 2 fully saturated rings. The van der Waals surface area contributed by atoms with Crippen molar-refractivity contribution in [1.82, 2.24) is 36.2 Å². The minimum Gasteiger partial charge on any atom is -0.354 e. The van der Waals surface area contributed by atoms with Gasteiger partial charge in [-0.25, -0.2) is 0 Å². The molecule has 1 saturated carbocycles. The summed E-state index contributed by atoms with van der Waals surface area (Å²) in [7, 11) is 0. The number of pyridine rings is 1. The van der Waals surface area contributed by atoms with Crippen molar-refractivity contribution in [1.29, 1.82) is 0 Å². The lowest BCUT2D eigenvalue weighted by Gasteiger charge is -2.27. The first-order valence-electron chi connectivity index (χ1n) is 17.3. The van der Waals surface area contributed by atoms with Crippen molar-refractivity contribution in [3.8, 4) is 22.5 Å². The quantitative estimate of drug-likeness (QED) is 0.148. The number of Topliss-reactive ketones (excluding diaryl/α,β-unsaturated/α-hetero) is 1. The summed E-state index contributed by atoms with van der Waals surface area (Å²) in [6.45, 7) is 3.18. The second-order valence-electron chi connectivity index (χ2n) is 13.4. The van der Waals surface area contributed by atoms with Crippen LogP contribution in [0.15, 0.2) is 60.8 Å². The highest BCUT2D eigenvalue weighted by Crippen LogP contribution is 2.31. The Kier molecular flexibility index (Phi) is 11.0. The first-order valence-corrected chi connectivity index (χ1v) is 17.3. The monoisotopic (exact) mass is 677 g/mol. The third-order valence-electron chi connectivity index (χ3n) is 9.89. The van der Waals surface area contributed by atoms with E-state index in [1.54, 1.807) is 36.5 Å². The van der Waals surface area contributed by atoms with Gasteiger partial charge >= 0.3 is 0 Å². The summed E-state index contributed by atoms with van der Waals surface area (Å²) in [4.78, 5) is 56.5. The lowest BCUT2D eigenvalue weighted by Crippen LogP contribution is -2.50. The van der Waals surface area contributed by atoms with Crippen molar-refractivity contribution < 1.29 is 19.2 Å². The average molecular weight is 678 g/mol. The molecule has 3 amide bonds. The first kappa shape index (κ1) is 34.6. The van der Waals surface area contributed by atoms with E-state index in [1.165, 1.54) is 0 Å². The molecule has 0 radical (unpaired) electrons. The number of nitrogens with two attached hydrogens (primary N) is 1. The lowest BCUT2D eigenvalue weighted by atomic mass is 9.77. The van der Waals surface area contributed by atoms with Gasteiger partial charge in [-0.3, -0.25) is 24.2 Å². The second kappa shape index (κ2) is 15.9. The van der Waals surface area contributed by atoms with E-state index < -0.39 is 12.0 Å². The van der Waals surface area contributed by atoms with Crippen LogP contribution >= 0.6 is 0 Å². The predicted octanol–water partition coefficient (Wildman–Crippen LogP) is 3.77. The maximum atomic E-state index is 13.7. The summed E-state index contributed by atoms with van der Waals surface area (Å²) in [6, 6.07) is 16.2. The predicted molar refractivity (Wildman–Crippen MR) is 187 cm³/mol. The Hall–Kier alpha value is -5.30. The minimum atomic E-state index is -0.565. The molecule has 6 N–H and O–H groups in total. The van der Waals surface area contributed by atoms with Crippen LogP contribution in [0.3, 0.4) is 0 Å². The maximum Gasteiger partial charge on any atom is 0.270 e. The highest BCUT2D eigenvalue weighted by Gasteiger charge is 2.30. The van der Waals surface area contributed by atoms with Crippen LogP contribution in [0.5, 0.6) is 0 Å². The van der Waals surface area contributed by atoms with Gasteiger partial charge in [0.1, 0.15) is 17.5 Å². The Bertz CT molecular complexity index is 1800. The first-order chi connectivity index (χ1) is 24.3. The molecule has 0 bridgehead atoms. The highest BCUT2D eigenvalue weighted by atomic mass is 16.2. The number of aromatic amines is 1. The number of aryl methyl sites for hydroxylation is 1.